The van der Waals surface area contributed by atoms with Crippen molar-refractivity contribution >= 4 is 0 Å². The monoisotopic (exact) mass is 193 g/mol. The van der Waals surface area contributed by atoms with Crippen LogP contribution >= 0.6 is 0 Å². The van der Waals surface area contributed by atoms with Gasteiger partial charge in [-0.15, -0.1) is 0 Å². The highest BCUT2D eigenvalue weighted by atomic mass is 15.2. The molecular weight excluding hydrogens is 174 g/mol. The third-order valence-electron chi connectivity index (χ3n) is 2.76. The van der Waals surface area contributed by atoms with Crippen LogP contribution in [0.4, 0.5) is 0 Å². The van der Waals surface area contributed by atoms with Crippen LogP contribution in [0.1, 0.15) is 32.3 Å². The fourth-order valence-electron chi connectivity index (χ4n) is 1.73. The van der Waals surface area contributed by atoms with E-state index in [1.807, 2.05) is 0 Å². The van der Waals surface area contributed by atoms with Crippen LogP contribution in [0.25, 0.3) is 0 Å². The van der Waals surface area contributed by atoms with E-state index < -0.39 is 0 Å². The summed E-state index contributed by atoms with van der Waals surface area (Å²) < 4.78 is 2.29. The molecule has 1 aromatic rings. The Hall–Kier alpha value is -0.830. The summed E-state index contributed by atoms with van der Waals surface area (Å²) in [5, 5.41) is 0. The van der Waals surface area contributed by atoms with E-state index in [4.69, 9.17) is 4.98 Å². The molecule has 3 heteroatoms. The van der Waals surface area contributed by atoms with Gasteiger partial charge in [-0.2, -0.15) is 0 Å². The van der Waals surface area contributed by atoms with Crippen molar-refractivity contribution in [1.29, 1.82) is 0 Å². The summed E-state index contributed by atoms with van der Waals surface area (Å²) in [7, 11) is 2.15. The number of hydrogen-bond acceptors (Lipinski definition) is 2. The van der Waals surface area contributed by atoms with Gasteiger partial charge < -0.3 is 4.57 Å². The summed E-state index contributed by atoms with van der Waals surface area (Å²) in [5.41, 5.74) is 1.38. The lowest BCUT2D eigenvalue weighted by Gasteiger charge is -2.22. The molecule has 0 unspecified atom stereocenters. The molecule has 0 saturated heterocycles. The minimum absolute atomic E-state index is 0.170. The predicted molar refractivity (Wildman–Crippen MR) is 57.3 cm³/mol. The van der Waals surface area contributed by atoms with Gasteiger partial charge in [0, 0.05) is 24.7 Å². The molecule has 0 aromatic carbocycles. The van der Waals surface area contributed by atoms with Gasteiger partial charge in [0.1, 0.15) is 5.82 Å². The molecule has 0 radical (unpaired) electrons. The smallest absolute Gasteiger partial charge is 0.123 e. The van der Waals surface area contributed by atoms with Gasteiger partial charge in [0.2, 0.25) is 0 Å². The zero-order valence-corrected chi connectivity index (χ0v) is 9.54. The molecule has 1 aliphatic heterocycles. The first-order valence-corrected chi connectivity index (χ1v) is 5.22. The van der Waals surface area contributed by atoms with Gasteiger partial charge in [-0.25, -0.2) is 4.98 Å². The molecule has 0 saturated carbocycles. The minimum atomic E-state index is 0.170. The number of fused-ring (bicyclic) bond motifs is 1. The third kappa shape index (κ3) is 1.69. The maximum Gasteiger partial charge on any atom is 0.123 e. The summed E-state index contributed by atoms with van der Waals surface area (Å²) in [6.45, 7) is 9.83. The maximum atomic E-state index is 4.69. The molecule has 2 rings (SSSR count). The molecule has 0 amide bonds. The summed E-state index contributed by atoms with van der Waals surface area (Å²) in [6.07, 6.45) is 2.21. The second-order valence-electron chi connectivity index (χ2n) is 5.22. The summed E-state index contributed by atoms with van der Waals surface area (Å²) in [4.78, 5) is 7.01. The van der Waals surface area contributed by atoms with Crippen LogP contribution in [0.3, 0.4) is 0 Å². The zero-order valence-electron chi connectivity index (χ0n) is 9.54. The molecule has 14 heavy (non-hydrogen) atoms. The predicted octanol–water partition coefficient (Wildman–Crippen LogP) is 1.63. The van der Waals surface area contributed by atoms with Crippen molar-refractivity contribution in [2.45, 2.75) is 39.3 Å². The van der Waals surface area contributed by atoms with Crippen molar-refractivity contribution in [2.24, 2.45) is 0 Å². The van der Waals surface area contributed by atoms with Crippen molar-refractivity contribution in [3.63, 3.8) is 0 Å². The van der Waals surface area contributed by atoms with Gasteiger partial charge >= 0.3 is 0 Å². The second kappa shape index (κ2) is 3.09. The summed E-state index contributed by atoms with van der Waals surface area (Å²) in [5.74, 6) is 1.21. The van der Waals surface area contributed by atoms with Gasteiger partial charge in [-0.05, 0) is 7.05 Å². The second-order valence-corrected chi connectivity index (χ2v) is 5.22. The molecule has 0 atom stereocenters. The third-order valence-corrected chi connectivity index (χ3v) is 2.76. The van der Waals surface area contributed by atoms with E-state index in [0.717, 1.165) is 19.6 Å². The molecule has 0 bridgehead atoms. The van der Waals surface area contributed by atoms with E-state index in [-0.39, 0.29) is 5.41 Å². The molecule has 1 aliphatic rings. The Balaban J connectivity index is 2.32. The first-order chi connectivity index (χ1) is 6.47. The van der Waals surface area contributed by atoms with Crippen molar-refractivity contribution in [2.75, 3.05) is 13.6 Å². The fourth-order valence-corrected chi connectivity index (χ4v) is 1.73. The Morgan fingerprint density at radius 3 is 2.64 bits per heavy atom. The van der Waals surface area contributed by atoms with Crippen LogP contribution in [-0.2, 0) is 18.5 Å². The Morgan fingerprint density at radius 2 is 2.00 bits per heavy atom. The first-order valence-electron chi connectivity index (χ1n) is 5.22. The number of imidazole rings is 1. The molecule has 0 fully saturated rings. The van der Waals surface area contributed by atoms with Gasteiger partial charge in [0.05, 0.1) is 12.2 Å². The lowest BCUT2D eigenvalue weighted by molar-refractivity contribution is 0.264. The number of likely N-dealkylation sites (N-methyl/N-ethyl adjacent to an activating group) is 1. The molecule has 0 aliphatic carbocycles. The van der Waals surface area contributed by atoms with Crippen LogP contribution < -0.4 is 0 Å². The van der Waals surface area contributed by atoms with Crippen LogP contribution in [-0.4, -0.2) is 28.0 Å². The fraction of sp³-hybridized carbons (Fsp3) is 0.727. The molecule has 78 valence electrons. The van der Waals surface area contributed by atoms with Crippen LogP contribution in [0.15, 0.2) is 6.20 Å². The van der Waals surface area contributed by atoms with Crippen LogP contribution in [0.2, 0.25) is 0 Å². The number of rotatable bonds is 0. The lowest BCUT2D eigenvalue weighted by atomic mass is 9.93. The van der Waals surface area contributed by atoms with E-state index >= 15 is 0 Å². The standard InChI is InChI=1S/C11H19N3/c1-11(2,3)9-7-14-6-5-13(4)8-10(14)12-9/h7H,5-6,8H2,1-4H3. The molecule has 3 nitrogen and oxygen atoms in total. The molecule has 1 aromatic heterocycles. The maximum absolute atomic E-state index is 4.69. The number of nitrogens with zero attached hydrogens (tertiary/aromatic N) is 3. The highest BCUT2D eigenvalue weighted by molar-refractivity contribution is 5.14. The Bertz CT molecular complexity index is 333. The van der Waals surface area contributed by atoms with Gasteiger partial charge in [-0.1, -0.05) is 20.8 Å². The number of aromatic nitrogens is 2. The van der Waals surface area contributed by atoms with Gasteiger partial charge in [-0.3, -0.25) is 4.90 Å². The van der Waals surface area contributed by atoms with E-state index in [9.17, 15) is 0 Å². The van der Waals surface area contributed by atoms with Crippen molar-refractivity contribution < 1.29 is 0 Å². The van der Waals surface area contributed by atoms with Gasteiger partial charge in [0.25, 0.3) is 0 Å². The van der Waals surface area contributed by atoms with E-state index in [1.54, 1.807) is 0 Å². The highest BCUT2D eigenvalue weighted by Crippen LogP contribution is 2.22. The SMILES string of the molecule is CN1CCn2cc(C(C)(C)C)nc2C1. The van der Waals surface area contributed by atoms with Crippen molar-refractivity contribution in [3.05, 3.63) is 17.7 Å². The normalized spacial score (nSPS) is 18.3. The zero-order chi connectivity index (χ0) is 10.3. The van der Waals surface area contributed by atoms with Crippen LogP contribution in [0.5, 0.6) is 0 Å². The largest absolute Gasteiger partial charge is 0.332 e. The molecule has 0 N–H and O–H groups in total. The summed E-state index contributed by atoms with van der Waals surface area (Å²) >= 11 is 0. The molecule has 0 spiro atoms. The molecule has 2 heterocycles. The molecular formula is C11H19N3. The van der Waals surface area contributed by atoms with E-state index in [2.05, 4.69) is 43.5 Å². The average Bonchev–Trinajstić information content (AvgIpc) is 2.45. The van der Waals surface area contributed by atoms with Crippen LogP contribution in [0, 0.1) is 0 Å². The topological polar surface area (TPSA) is 21.1 Å². The average molecular weight is 193 g/mol. The van der Waals surface area contributed by atoms with E-state index in [0.29, 0.717) is 0 Å². The highest BCUT2D eigenvalue weighted by Gasteiger charge is 2.22. The lowest BCUT2D eigenvalue weighted by Crippen LogP contribution is -2.30. The Kier molecular flexibility index (Phi) is 2.14. The number of hydrogen-bond donors (Lipinski definition) is 0. The quantitative estimate of drug-likeness (QED) is 0.624. The first kappa shape index (κ1) is 9.71. The Morgan fingerprint density at radius 1 is 1.29 bits per heavy atom. The minimum Gasteiger partial charge on any atom is -0.332 e. The van der Waals surface area contributed by atoms with Crippen molar-refractivity contribution in [1.82, 2.24) is 14.5 Å². The van der Waals surface area contributed by atoms with E-state index in [1.165, 1.54) is 11.5 Å². The van der Waals surface area contributed by atoms with Crippen molar-refractivity contribution in [3.8, 4) is 0 Å². The van der Waals surface area contributed by atoms with Gasteiger partial charge in [0.15, 0.2) is 0 Å². The Labute approximate surface area is 85.7 Å². The summed E-state index contributed by atoms with van der Waals surface area (Å²) in [6, 6.07) is 0.